The molecule has 11 heteroatoms. The molecule has 11 nitrogen and oxygen atoms in total. The van der Waals surface area contributed by atoms with Crippen LogP contribution in [0.4, 0.5) is 0 Å². The molecule has 1 aliphatic heterocycles. The number of carbonyl (C=O) groups excluding carboxylic acids is 3. The van der Waals surface area contributed by atoms with Crippen molar-refractivity contribution in [1.82, 2.24) is 0 Å². The summed E-state index contributed by atoms with van der Waals surface area (Å²) in [5.41, 5.74) is 2.90. The lowest BCUT2D eigenvalue weighted by atomic mass is 9.72. The summed E-state index contributed by atoms with van der Waals surface area (Å²) in [7, 11) is 1.34. The summed E-state index contributed by atoms with van der Waals surface area (Å²) < 4.78 is 16.8. The van der Waals surface area contributed by atoms with Crippen molar-refractivity contribution in [1.29, 1.82) is 0 Å². The van der Waals surface area contributed by atoms with Gasteiger partial charge in [0.2, 0.25) is 5.78 Å². The van der Waals surface area contributed by atoms with Crippen LogP contribution >= 0.6 is 0 Å². The van der Waals surface area contributed by atoms with Crippen molar-refractivity contribution in [2.24, 2.45) is 5.73 Å². The Kier molecular flexibility index (Phi) is 6.08. The maximum atomic E-state index is 13.6. The van der Waals surface area contributed by atoms with E-state index in [1.54, 1.807) is 0 Å². The van der Waals surface area contributed by atoms with E-state index in [0.29, 0.717) is 0 Å². The number of hydrogen-bond donors (Lipinski definition) is 5. The number of hydrogen-bond acceptors (Lipinski definition) is 11. The largest absolute Gasteiger partial charge is 0.507 e. The predicted octanol–water partition coefficient (Wildman–Crippen LogP) is 0.640. The van der Waals surface area contributed by atoms with Gasteiger partial charge in [-0.25, -0.2) is 0 Å². The Hall–Kier alpha value is -3.35. The zero-order chi connectivity index (χ0) is 26.8. The van der Waals surface area contributed by atoms with Crippen molar-refractivity contribution in [3.05, 3.63) is 51.6 Å². The minimum Gasteiger partial charge on any atom is -0.507 e. The molecular formula is C26H27NO10. The third-order valence-corrected chi connectivity index (χ3v) is 7.46. The molecule has 2 aliphatic carbocycles. The highest BCUT2D eigenvalue weighted by molar-refractivity contribution is 6.31. The standard InChI is InChI=1S/C26H27NO10/c1-10(28)26(34)7-12-19(16(8-26)37-17-6-13(27)14(29)9-36-17)25(33)21-20(23(12)31)22(30)11-4-3-5-15(35-2)18(11)24(21)32/h3-5,13-14,16-17,29,31,33-34H,6-9,27H2,1-2H3/t13-,14-,16-,17-,26-/m0/s1. The van der Waals surface area contributed by atoms with Gasteiger partial charge in [0, 0.05) is 42.0 Å². The van der Waals surface area contributed by atoms with Crippen LogP contribution in [0.2, 0.25) is 0 Å². The van der Waals surface area contributed by atoms with Crippen LogP contribution in [0.5, 0.6) is 17.2 Å². The van der Waals surface area contributed by atoms with Crippen LogP contribution in [0.25, 0.3) is 0 Å². The van der Waals surface area contributed by atoms with Crippen molar-refractivity contribution in [2.75, 3.05) is 13.7 Å². The maximum Gasteiger partial charge on any atom is 0.202 e. The number of benzene rings is 2. The lowest BCUT2D eigenvalue weighted by Crippen LogP contribution is -2.49. The molecule has 0 aromatic heterocycles. The molecule has 0 amide bonds. The van der Waals surface area contributed by atoms with Gasteiger partial charge in [0.05, 0.1) is 42.6 Å². The average Bonchev–Trinajstić information content (AvgIpc) is 2.86. The summed E-state index contributed by atoms with van der Waals surface area (Å²) in [4.78, 5) is 39.5. The number of Topliss-reactive ketones (excluding diaryl/α,β-unsaturated/α-hetero) is 1. The Bertz CT molecular complexity index is 1340. The fourth-order valence-electron chi connectivity index (χ4n) is 5.36. The van der Waals surface area contributed by atoms with Gasteiger partial charge >= 0.3 is 0 Å². The van der Waals surface area contributed by atoms with E-state index in [1.165, 1.54) is 32.2 Å². The number of ether oxygens (including phenoxy) is 3. The van der Waals surface area contributed by atoms with Crippen LogP contribution in [0.3, 0.4) is 0 Å². The third kappa shape index (κ3) is 3.82. The third-order valence-electron chi connectivity index (χ3n) is 7.46. The normalized spacial score (nSPS) is 28.8. The minimum absolute atomic E-state index is 0.0138. The molecule has 37 heavy (non-hydrogen) atoms. The minimum atomic E-state index is -1.99. The first-order valence-electron chi connectivity index (χ1n) is 11.8. The van der Waals surface area contributed by atoms with Crippen LogP contribution in [-0.4, -0.2) is 75.5 Å². The van der Waals surface area contributed by atoms with E-state index in [0.717, 1.165) is 0 Å². The summed E-state index contributed by atoms with van der Waals surface area (Å²) >= 11 is 0. The van der Waals surface area contributed by atoms with Gasteiger partial charge in [0.1, 0.15) is 22.8 Å². The van der Waals surface area contributed by atoms with Gasteiger partial charge in [-0.2, -0.15) is 0 Å². The molecule has 0 bridgehead atoms. The zero-order valence-corrected chi connectivity index (χ0v) is 20.2. The van der Waals surface area contributed by atoms with Gasteiger partial charge < -0.3 is 40.4 Å². The lowest BCUT2D eigenvalue weighted by Gasteiger charge is -2.40. The van der Waals surface area contributed by atoms with Crippen LogP contribution in [-0.2, 0) is 20.7 Å². The molecule has 3 aliphatic rings. The van der Waals surface area contributed by atoms with Crippen molar-refractivity contribution in [3.63, 3.8) is 0 Å². The summed E-state index contributed by atoms with van der Waals surface area (Å²) in [5, 5.41) is 43.7. The van der Waals surface area contributed by atoms with E-state index in [2.05, 4.69) is 0 Å². The second-order valence-corrected chi connectivity index (χ2v) is 9.70. The predicted molar refractivity (Wildman–Crippen MR) is 126 cm³/mol. The molecule has 0 spiro atoms. The zero-order valence-electron chi connectivity index (χ0n) is 20.2. The monoisotopic (exact) mass is 513 g/mol. The number of methoxy groups -OCH3 is 1. The smallest absolute Gasteiger partial charge is 0.202 e. The first kappa shape index (κ1) is 25.3. The second-order valence-electron chi connectivity index (χ2n) is 9.70. The number of fused-ring (bicyclic) bond motifs is 3. The molecule has 0 unspecified atom stereocenters. The quantitative estimate of drug-likeness (QED) is 0.308. The van der Waals surface area contributed by atoms with E-state index in [-0.39, 0.29) is 47.5 Å². The molecule has 2 aromatic carbocycles. The highest BCUT2D eigenvalue weighted by atomic mass is 16.7. The highest BCUT2D eigenvalue weighted by Gasteiger charge is 2.49. The molecule has 5 rings (SSSR count). The Morgan fingerprint density at radius 1 is 1.14 bits per heavy atom. The Morgan fingerprint density at radius 3 is 2.49 bits per heavy atom. The van der Waals surface area contributed by atoms with Crippen molar-refractivity contribution in [3.8, 4) is 17.2 Å². The Labute approximate surface area is 211 Å². The molecule has 0 radical (unpaired) electrons. The number of carbonyl (C=O) groups is 3. The van der Waals surface area contributed by atoms with Crippen LogP contribution in [0.1, 0.15) is 68.8 Å². The first-order valence-corrected chi connectivity index (χ1v) is 11.8. The fraction of sp³-hybridized carbons (Fsp3) is 0.423. The maximum absolute atomic E-state index is 13.6. The van der Waals surface area contributed by atoms with Crippen molar-refractivity contribution < 1.29 is 49.0 Å². The van der Waals surface area contributed by atoms with Gasteiger partial charge in [-0.1, -0.05) is 12.1 Å². The number of aliphatic hydroxyl groups excluding tert-OH is 1. The molecule has 1 saturated heterocycles. The molecule has 2 aromatic rings. The van der Waals surface area contributed by atoms with E-state index in [1.807, 2.05) is 0 Å². The summed E-state index contributed by atoms with van der Waals surface area (Å²) in [6.07, 6.45) is -3.76. The Balaban J connectivity index is 1.69. The van der Waals surface area contributed by atoms with Gasteiger partial charge in [-0.05, 0) is 13.0 Å². The SMILES string of the molecule is COc1cccc2c1C(=O)c1c(O)c3c(c(O)c1C2=O)C[C@@](O)(C(C)=O)C[C@@H]3O[C@H]1C[C@H](N)[C@@H](O)CO1. The van der Waals surface area contributed by atoms with Crippen molar-refractivity contribution in [2.45, 2.75) is 56.3 Å². The fourth-order valence-corrected chi connectivity index (χ4v) is 5.36. The first-order chi connectivity index (χ1) is 17.5. The van der Waals surface area contributed by atoms with E-state index in [4.69, 9.17) is 19.9 Å². The molecular weight excluding hydrogens is 486 g/mol. The molecule has 1 fully saturated rings. The summed E-state index contributed by atoms with van der Waals surface area (Å²) in [5.74, 6) is -3.17. The van der Waals surface area contributed by atoms with Crippen LogP contribution in [0, 0.1) is 0 Å². The Morgan fingerprint density at radius 2 is 1.84 bits per heavy atom. The number of aliphatic hydroxyl groups is 2. The summed E-state index contributed by atoms with van der Waals surface area (Å²) in [6, 6.07) is 3.77. The van der Waals surface area contributed by atoms with Crippen molar-refractivity contribution >= 4 is 17.3 Å². The number of phenols is 2. The van der Waals surface area contributed by atoms with Gasteiger partial charge in [0.25, 0.3) is 0 Å². The van der Waals surface area contributed by atoms with E-state index in [9.17, 15) is 34.8 Å². The van der Waals surface area contributed by atoms with Crippen LogP contribution in [0.15, 0.2) is 18.2 Å². The highest BCUT2D eigenvalue weighted by Crippen LogP contribution is 2.52. The number of nitrogens with two attached hydrogens (primary N) is 1. The molecule has 5 atom stereocenters. The molecule has 6 N–H and O–H groups in total. The average molecular weight is 513 g/mol. The number of phenolic OH excluding ortho intramolecular Hbond substituents is 2. The number of aromatic hydroxyl groups is 2. The van der Waals surface area contributed by atoms with E-state index < -0.39 is 76.5 Å². The number of ketones is 3. The molecule has 196 valence electrons. The second kappa shape index (κ2) is 8.89. The lowest BCUT2D eigenvalue weighted by molar-refractivity contribution is -0.223. The van der Waals surface area contributed by atoms with Crippen LogP contribution < -0.4 is 10.5 Å². The topological polar surface area (TPSA) is 186 Å². The summed E-state index contributed by atoms with van der Waals surface area (Å²) in [6.45, 7) is 1.06. The van der Waals surface area contributed by atoms with Gasteiger partial charge in [-0.3, -0.25) is 14.4 Å². The molecule has 1 heterocycles. The van der Waals surface area contributed by atoms with Gasteiger partial charge in [0.15, 0.2) is 17.9 Å². The number of rotatable bonds is 4. The van der Waals surface area contributed by atoms with E-state index >= 15 is 0 Å². The van der Waals surface area contributed by atoms with Gasteiger partial charge in [-0.15, -0.1) is 0 Å². The molecule has 0 saturated carbocycles.